The number of hydrogen-bond donors (Lipinski definition) is 1. The average molecular weight is 416 g/mol. The molecule has 2 N–H and O–H groups in total. The van der Waals surface area contributed by atoms with E-state index in [-0.39, 0.29) is 11.7 Å². The van der Waals surface area contributed by atoms with Crippen LogP contribution < -0.4 is 10.5 Å². The maximum atomic E-state index is 10.8. The van der Waals surface area contributed by atoms with Crippen LogP contribution >= 0.6 is 31.9 Å². The Labute approximate surface area is 138 Å². The molecule has 21 heavy (non-hydrogen) atoms. The molecule has 0 aliphatic rings. The van der Waals surface area contributed by atoms with E-state index in [1.54, 1.807) is 18.2 Å². The molecule has 2 rings (SSSR count). The van der Waals surface area contributed by atoms with Crippen molar-refractivity contribution >= 4 is 37.5 Å². The summed E-state index contributed by atoms with van der Waals surface area (Å²) in [5.41, 5.74) is 6.77. The molecule has 0 saturated carbocycles. The Morgan fingerprint density at radius 1 is 1.19 bits per heavy atom. The zero-order valence-corrected chi connectivity index (χ0v) is 14.2. The minimum absolute atomic E-state index is 0.0283. The molecule has 0 saturated heterocycles. The fourth-order valence-electron chi connectivity index (χ4n) is 1.75. The molecule has 0 heterocycles. The molecule has 1 atom stereocenters. The van der Waals surface area contributed by atoms with Gasteiger partial charge >= 0.3 is 0 Å². The summed E-state index contributed by atoms with van der Waals surface area (Å²) >= 11 is 6.75. The van der Waals surface area contributed by atoms with Crippen LogP contribution in [0.2, 0.25) is 0 Å². The van der Waals surface area contributed by atoms with E-state index in [0.717, 1.165) is 10.0 Å². The molecule has 0 aromatic heterocycles. The first-order valence-electron chi connectivity index (χ1n) is 6.05. The first kappa shape index (κ1) is 15.9. The minimum Gasteiger partial charge on any atom is -0.456 e. The number of rotatable bonds is 4. The fraction of sp³-hybridized carbons (Fsp3) is 0.143. The number of nitrogens with zero attached hydrogens (tertiary/aromatic N) is 1. The van der Waals surface area contributed by atoms with Gasteiger partial charge < -0.3 is 10.5 Å². The van der Waals surface area contributed by atoms with Crippen molar-refractivity contribution in [2.24, 2.45) is 5.73 Å². The second-order valence-corrected chi connectivity index (χ2v) is 6.15. The highest BCUT2D eigenvalue weighted by molar-refractivity contribution is 9.10. The van der Waals surface area contributed by atoms with E-state index in [2.05, 4.69) is 31.9 Å². The maximum Gasteiger partial charge on any atom is 0.273 e. The number of hydrogen-bond acceptors (Lipinski definition) is 4. The van der Waals surface area contributed by atoms with Crippen LogP contribution in [0.15, 0.2) is 45.3 Å². The van der Waals surface area contributed by atoms with E-state index in [1.165, 1.54) is 12.1 Å². The normalized spacial score (nSPS) is 12.0. The van der Waals surface area contributed by atoms with Gasteiger partial charge in [-0.05, 0) is 46.6 Å². The van der Waals surface area contributed by atoms with Crippen molar-refractivity contribution in [1.29, 1.82) is 0 Å². The second-order valence-electron chi connectivity index (χ2n) is 4.45. The Morgan fingerprint density at radius 3 is 2.48 bits per heavy atom. The zero-order chi connectivity index (χ0) is 15.6. The van der Waals surface area contributed by atoms with Crippen molar-refractivity contribution in [3.8, 4) is 11.5 Å². The molecule has 0 unspecified atom stereocenters. The van der Waals surface area contributed by atoms with Gasteiger partial charge in [0.15, 0.2) is 0 Å². The quantitative estimate of drug-likeness (QED) is 0.567. The molecule has 7 heteroatoms. The predicted octanol–water partition coefficient (Wildman–Crippen LogP) is 4.93. The van der Waals surface area contributed by atoms with Gasteiger partial charge in [0.25, 0.3) is 5.69 Å². The summed E-state index contributed by atoms with van der Waals surface area (Å²) in [7, 11) is 0. The smallest absolute Gasteiger partial charge is 0.273 e. The predicted molar refractivity (Wildman–Crippen MR) is 87.6 cm³/mol. The van der Waals surface area contributed by atoms with Crippen LogP contribution in [0.4, 0.5) is 5.69 Å². The van der Waals surface area contributed by atoms with Gasteiger partial charge in [-0.1, -0.05) is 22.0 Å². The topological polar surface area (TPSA) is 78.4 Å². The van der Waals surface area contributed by atoms with Crippen molar-refractivity contribution in [3.05, 3.63) is 61.0 Å². The van der Waals surface area contributed by atoms with Crippen LogP contribution in [0.25, 0.3) is 0 Å². The summed E-state index contributed by atoms with van der Waals surface area (Å²) in [5.74, 6) is 0.942. The van der Waals surface area contributed by atoms with Gasteiger partial charge in [0.1, 0.15) is 11.5 Å². The zero-order valence-electron chi connectivity index (χ0n) is 11.0. The largest absolute Gasteiger partial charge is 0.456 e. The molecule has 0 spiro atoms. The molecule has 0 aliphatic heterocycles. The van der Waals surface area contributed by atoms with E-state index >= 15 is 0 Å². The molecule has 0 bridgehead atoms. The minimum atomic E-state index is -0.464. The first-order chi connectivity index (χ1) is 9.88. The third-order valence-corrected chi connectivity index (χ3v) is 4.16. The lowest BCUT2D eigenvalue weighted by Crippen LogP contribution is -2.05. The monoisotopic (exact) mass is 414 g/mol. The Kier molecular flexibility index (Phi) is 4.97. The molecule has 0 radical (unpaired) electrons. The van der Waals surface area contributed by atoms with Crippen molar-refractivity contribution in [1.82, 2.24) is 0 Å². The number of halogens is 2. The summed E-state index contributed by atoms with van der Waals surface area (Å²) in [5, 5.41) is 10.8. The van der Waals surface area contributed by atoms with Gasteiger partial charge in [-0.15, -0.1) is 0 Å². The Bertz CT molecular complexity index is 690. The summed E-state index contributed by atoms with van der Waals surface area (Å²) in [4.78, 5) is 10.3. The van der Waals surface area contributed by atoms with Crippen molar-refractivity contribution < 1.29 is 9.66 Å². The highest BCUT2D eigenvalue weighted by Gasteiger charge is 2.12. The number of benzene rings is 2. The molecule has 5 nitrogen and oxygen atoms in total. The molecular weight excluding hydrogens is 404 g/mol. The van der Waals surface area contributed by atoms with Crippen LogP contribution in [0.5, 0.6) is 11.5 Å². The summed E-state index contributed by atoms with van der Waals surface area (Å²) in [6.07, 6.45) is 0. The first-order valence-corrected chi connectivity index (χ1v) is 7.64. The van der Waals surface area contributed by atoms with Gasteiger partial charge in [0.05, 0.1) is 15.5 Å². The van der Waals surface area contributed by atoms with Gasteiger partial charge in [0, 0.05) is 16.6 Å². The average Bonchev–Trinajstić information content (AvgIpc) is 2.40. The lowest BCUT2D eigenvalue weighted by Gasteiger charge is -2.12. The number of ether oxygens (including phenoxy) is 1. The van der Waals surface area contributed by atoms with Crippen molar-refractivity contribution in [2.45, 2.75) is 13.0 Å². The highest BCUT2D eigenvalue weighted by atomic mass is 79.9. The van der Waals surface area contributed by atoms with Gasteiger partial charge in [-0.25, -0.2) is 0 Å². The van der Waals surface area contributed by atoms with Crippen molar-refractivity contribution in [2.75, 3.05) is 0 Å². The fourth-order valence-corrected chi connectivity index (χ4v) is 2.80. The third kappa shape index (κ3) is 3.81. The van der Waals surface area contributed by atoms with Crippen LogP contribution in [0.1, 0.15) is 18.5 Å². The summed E-state index contributed by atoms with van der Waals surface area (Å²) in [6, 6.07) is 9.68. The maximum absolute atomic E-state index is 10.8. The summed E-state index contributed by atoms with van der Waals surface area (Å²) in [6.45, 7) is 1.89. The number of nitro groups is 1. The van der Waals surface area contributed by atoms with E-state index in [4.69, 9.17) is 10.5 Å². The number of non-ortho nitro benzene ring substituents is 1. The van der Waals surface area contributed by atoms with Gasteiger partial charge in [-0.3, -0.25) is 10.1 Å². The highest BCUT2D eigenvalue weighted by Crippen LogP contribution is 2.35. The molecule has 0 aliphatic carbocycles. The van der Waals surface area contributed by atoms with E-state index in [1.807, 2.05) is 13.0 Å². The Morgan fingerprint density at radius 2 is 1.90 bits per heavy atom. The van der Waals surface area contributed by atoms with E-state index in [9.17, 15) is 10.1 Å². The molecule has 110 valence electrons. The van der Waals surface area contributed by atoms with Gasteiger partial charge in [0.2, 0.25) is 0 Å². The SMILES string of the molecule is C[C@H](N)c1ccc(Oc2cc([N+](=O)[O-])ccc2Br)cc1Br. The van der Waals surface area contributed by atoms with E-state index < -0.39 is 4.92 Å². The standard InChI is InChI=1S/C14H12Br2N2O3/c1-8(17)11-4-3-10(7-13(11)16)21-14-6-9(18(19)20)2-5-12(14)15/h2-8H,17H2,1H3/t8-/m0/s1. The molecule has 2 aromatic rings. The van der Waals surface area contributed by atoms with Crippen LogP contribution in [-0.2, 0) is 0 Å². The molecular formula is C14H12Br2N2O3. The second kappa shape index (κ2) is 6.55. The number of nitro benzene ring substituents is 1. The molecule has 0 amide bonds. The van der Waals surface area contributed by atoms with Crippen LogP contribution in [0.3, 0.4) is 0 Å². The number of nitrogens with two attached hydrogens (primary N) is 1. The van der Waals surface area contributed by atoms with Gasteiger partial charge in [-0.2, -0.15) is 0 Å². The van der Waals surface area contributed by atoms with Crippen molar-refractivity contribution in [3.63, 3.8) is 0 Å². The van der Waals surface area contributed by atoms with E-state index in [0.29, 0.717) is 16.0 Å². The molecule has 0 fully saturated rings. The summed E-state index contributed by atoms with van der Waals surface area (Å²) < 4.78 is 7.16. The third-order valence-electron chi connectivity index (χ3n) is 2.82. The lowest BCUT2D eigenvalue weighted by molar-refractivity contribution is -0.384. The molecule has 2 aromatic carbocycles. The van der Waals surface area contributed by atoms with Crippen LogP contribution in [0, 0.1) is 10.1 Å². The Hall–Kier alpha value is -1.44. The lowest BCUT2D eigenvalue weighted by atomic mass is 10.1. The Balaban J connectivity index is 2.32. The van der Waals surface area contributed by atoms with Crippen LogP contribution in [-0.4, -0.2) is 4.92 Å².